The van der Waals surface area contributed by atoms with E-state index in [1.807, 2.05) is 57.2 Å². The fourth-order valence-electron chi connectivity index (χ4n) is 3.15. The SMILES string of the molecule is C=C(C)c1cccc(C(C)(C)NC(=O)NCCc2nc3ccc(OC)cc3[nH]2)c1. The number of carbonyl (C=O) groups excluding carboxylic acids is 1. The van der Waals surface area contributed by atoms with Gasteiger partial charge in [-0.05, 0) is 50.1 Å². The average molecular weight is 393 g/mol. The first-order valence-corrected chi connectivity index (χ1v) is 9.63. The molecule has 3 N–H and O–H groups in total. The van der Waals surface area contributed by atoms with Crippen LogP contribution in [0.2, 0.25) is 0 Å². The summed E-state index contributed by atoms with van der Waals surface area (Å²) in [7, 11) is 1.64. The third-order valence-electron chi connectivity index (χ3n) is 4.89. The number of aromatic nitrogens is 2. The Kier molecular flexibility index (Phi) is 5.92. The minimum Gasteiger partial charge on any atom is -0.497 e. The number of hydrogen-bond acceptors (Lipinski definition) is 3. The monoisotopic (exact) mass is 392 g/mol. The van der Waals surface area contributed by atoms with Crippen molar-refractivity contribution >= 4 is 22.6 Å². The van der Waals surface area contributed by atoms with Gasteiger partial charge in [-0.15, -0.1) is 0 Å². The summed E-state index contributed by atoms with van der Waals surface area (Å²) in [5, 5.41) is 5.95. The fraction of sp³-hybridized carbons (Fsp3) is 0.304. The molecule has 6 heteroatoms. The van der Waals surface area contributed by atoms with Crippen LogP contribution in [0.4, 0.5) is 4.79 Å². The van der Waals surface area contributed by atoms with E-state index in [9.17, 15) is 4.79 Å². The summed E-state index contributed by atoms with van der Waals surface area (Å²) in [5.41, 5.74) is 4.38. The number of amides is 2. The molecule has 0 spiro atoms. The lowest BCUT2D eigenvalue weighted by Gasteiger charge is -2.27. The minimum absolute atomic E-state index is 0.214. The molecular formula is C23H28N4O2. The van der Waals surface area contributed by atoms with Crippen molar-refractivity contribution in [2.24, 2.45) is 0 Å². The van der Waals surface area contributed by atoms with Gasteiger partial charge in [-0.25, -0.2) is 9.78 Å². The van der Waals surface area contributed by atoms with E-state index in [-0.39, 0.29) is 6.03 Å². The quantitative estimate of drug-likeness (QED) is 0.558. The van der Waals surface area contributed by atoms with Gasteiger partial charge in [-0.2, -0.15) is 0 Å². The van der Waals surface area contributed by atoms with Crippen LogP contribution in [-0.4, -0.2) is 29.7 Å². The smallest absolute Gasteiger partial charge is 0.315 e. The number of nitrogens with one attached hydrogen (secondary N) is 3. The first kappa shape index (κ1) is 20.5. The Bertz CT molecular complexity index is 1040. The highest BCUT2D eigenvalue weighted by Crippen LogP contribution is 2.23. The number of hydrogen-bond donors (Lipinski definition) is 3. The Morgan fingerprint density at radius 1 is 1.24 bits per heavy atom. The number of methoxy groups -OCH3 is 1. The molecule has 0 unspecified atom stereocenters. The van der Waals surface area contributed by atoms with Gasteiger partial charge in [-0.1, -0.05) is 30.4 Å². The molecule has 152 valence electrons. The highest BCUT2D eigenvalue weighted by atomic mass is 16.5. The second kappa shape index (κ2) is 8.39. The Morgan fingerprint density at radius 3 is 2.76 bits per heavy atom. The van der Waals surface area contributed by atoms with Crippen LogP contribution in [0, 0.1) is 0 Å². The molecule has 0 radical (unpaired) electrons. The maximum atomic E-state index is 12.4. The molecule has 0 aliphatic heterocycles. The van der Waals surface area contributed by atoms with Gasteiger partial charge in [0.25, 0.3) is 0 Å². The number of ether oxygens (including phenoxy) is 1. The molecule has 29 heavy (non-hydrogen) atoms. The second-order valence-electron chi connectivity index (χ2n) is 7.68. The van der Waals surface area contributed by atoms with Crippen LogP contribution in [0.5, 0.6) is 5.75 Å². The highest BCUT2D eigenvalue weighted by molar-refractivity contribution is 5.77. The molecule has 2 aromatic carbocycles. The topological polar surface area (TPSA) is 79.0 Å². The zero-order chi connectivity index (χ0) is 21.0. The number of benzene rings is 2. The number of aromatic amines is 1. The van der Waals surface area contributed by atoms with Crippen LogP contribution in [0.15, 0.2) is 49.0 Å². The molecule has 1 aromatic heterocycles. The molecule has 3 rings (SSSR count). The van der Waals surface area contributed by atoms with Gasteiger partial charge in [0.1, 0.15) is 11.6 Å². The molecule has 0 fully saturated rings. The standard InChI is InChI=1S/C23H28N4O2/c1-15(2)16-7-6-8-17(13-16)23(3,4)27-22(28)24-12-11-21-25-19-10-9-18(29-5)14-20(19)26-21/h6-10,13-14H,1,11-12H2,2-5H3,(H,25,26)(H2,24,27,28). The number of nitrogens with zero attached hydrogens (tertiary/aromatic N) is 1. The van der Waals surface area contributed by atoms with Gasteiger partial charge in [0, 0.05) is 19.0 Å². The molecular weight excluding hydrogens is 364 g/mol. The summed E-state index contributed by atoms with van der Waals surface area (Å²) >= 11 is 0. The maximum absolute atomic E-state index is 12.4. The summed E-state index contributed by atoms with van der Waals surface area (Å²) in [6.07, 6.45) is 0.607. The number of carbonyl (C=O) groups is 1. The average Bonchev–Trinajstić information content (AvgIpc) is 3.09. The second-order valence-corrected chi connectivity index (χ2v) is 7.68. The molecule has 0 aliphatic carbocycles. The van der Waals surface area contributed by atoms with Gasteiger partial charge >= 0.3 is 6.03 Å². The van der Waals surface area contributed by atoms with Crippen LogP contribution in [-0.2, 0) is 12.0 Å². The van der Waals surface area contributed by atoms with Crippen molar-refractivity contribution in [1.82, 2.24) is 20.6 Å². The van der Waals surface area contributed by atoms with E-state index in [1.54, 1.807) is 7.11 Å². The normalized spacial score (nSPS) is 11.3. The van der Waals surface area contributed by atoms with E-state index in [0.29, 0.717) is 13.0 Å². The number of allylic oxidation sites excluding steroid dienone is 1. The largest absolute Gasteiger partial charge is 0.497 e. The Morgan fingerprint density at radius 2 is 2.03 bits per heavy atom. The van der Waals surface area contributed by atoms with Gasteiger partial charge in [0.2, 0.25) is 0 Å². The summed E-state index contributed by atoms with van der Waals surface area (Å²) < 4.78 is 5.23. The zero-order valence-corrected chi connectivity index (χ0v) is 17.4. The van der Waals surface area contributed by atoms with Crippen molar-refractivity contribution in [1.29, 1.82) is 0 Å². The van der Waals surface area contributed by atoms with Gasteiger partial charge < -0.3 is 20.4 Å². The predicted molar refractivity (Wildman–Crippen MR) is 117 cm³/mol. The van der Waals surface area contributed by atoms with Crippen LogP contribution in [0.25, 0.3) is 16.6 Å². The van der Waals surface area contributed by atoms with Crippen LogP contribution < -0.4 is 15.4 Å². The van der Waals surface area contributed by atoms with Crippen molar-refractivity contribution in [2.75, 3.05) is 13.7 Å². The lowest BCUT2D eigenvalue weighted by molar-refractivity contribution is 0.230. The lowest BCUT2D eigenvalue weighted by Crippen LogP contribution is -2.47. The number of H-pyrrole nitrogens is 1. The lowest BCUT2D eigenvalue weighted by atomic mass is 9.92. The molecule has 2 amide bonds. The minimum atomic E-state index is -0.508. The van der Waals surface area contributed by atoms with Crippen LogP contribution >= 0.6 is 0 Å². The molecule has 0 aliphatic rings. The summed E-state index contributed by atoms with van der Waals surface area (Å²) in [4.78, 5) is 20.2. The Labute approximate surface area is 171 Å². The molecule has 0 saturated carbocycles. The van der Waals surface area contributed by atoms with E-state index in [1.165, 1.54) is 0 Å². The van der Waals surface area contributed by atoms with Crippen LogP contribution in [0.3, 0.4) is 0 Å². The van der Waals surface area contributed by atoms with Crippen molar-refractivity contribution in [3.8, 4) is 5.75 Å². The van der Waals surface area contributed by atoms with E-state index >= 15 is 0 Å². The van der Waals surface area contributed by atoms with E-state index < -0.39 is 5.54 Å². The summed E-state index contributed by atoms with van der Waals surface area (Å²) in [6, 6.07) is 13.6. The van der Waals surface area contributed by atoms with Gasteiger partial charge in [-0.3, -0.25) is 0 Å². The van der Waals surface area contributed by atoms with E-state index in [4.69, 9.17) is 4.74 Å². The number of fused-ring (bicyclic) bond motifs is 1. The van der Waals surface area contributed by atoms with Crippen molar-refractivity contribution < 1.29 is 9.53 Å². The van der Waals surface area contributed by atoms with Crippen molar-refractivity contribution in [3.05, 3.63) is 66.0 Å². The maximum Gasteiger partial charge on any atom is 0.315 e. The summed E-state index contributed by atoms with van der Waals surface area (Å²) in [6.45, 7) is 10.4. The number of urea groups is 1. The zero-order valence-electron chi connectivity index (χ0n) is 17.4. The number of imidazole rings is 1. The van der Waals surface area contributed by atoms with Crippen molar-refractivity contribution in [3.63, 3.8) is 0 Å². The van der Waals surface area contributed by atoms with Crippen molar-refractivity contribution in [2.45, 2.75) is 32.7 Å². The summed E-state index contributed by atoms with van der Waals surface area (Å²) in [5.74, 6) is 1.60. The van der Waals surface area contributed by atoms with E-state index in [2.05, 4.69) is 33.2 Å². The van der Waals surface area contributed by atoms with Gasteiger partial charge in [0.05, 0.1) is 23.7 Å². The van der Waals surface area contributed by atoms with Gasteiger partial charge in [0.15, 0.2) is 0 Å². The molecule has 1 heterocycles. The first-order valence-electron chi connectivity index (χ1n) is 9.63. The third kappa shape index (κ3) is 4.96. The molecule has 6 nitrogen and oxygen atoms in total. The van der Waals surface area contributed by atoms with Crippen LogP contribution in [0.1, 0.15) is 37.7 Å². The fourth-order valence-corrected chi connectivity index (χ4v) is 3.15. The van der Waals surface area contributed by atoms with E-state index in [0.717, 1.165) is 39.3 Å². The first-order chi connectivity index (χ1) is 13.8. The predicted octanol–water partition coefficient (Wildman–Crippen LogP) is 4.38. The Hall–Kier alpha value is -3.28. The Balaban J connectivity index is 1.56. The molecule has 0 atom stereocenters. The highest BCUT2D eigenvalue weighted by Gasteiger charge is 2.23. The molecule has 0 bridgehead atoms. The molecule has 0 saturated heterocycles. The number of rotatable bonds is 7. The molecule has 3 aromatic rings. The third-order valence-corrected chi connectivity index (χ3v) is 4.89.